The van der Waals surface area contributed by atoms with E-state index in [9.17, 15) is 14.7 Å². The molecule has 350 valence electrons. The van der Waals surface area contributed by atoms with Gasteiger partial charge in [0.05, 0.1) is 13.2 Å². The van der Waals surface area contributed by atoms with Gasteiger partial charge in [-0.05, 0) is 76.8 Å². The molecule has 1 fully saturated rings. The number of esters is 1. The largest absolute Gasteiger partial charge is 0.466 e. The first kappa shape index (κ1) is 55.8. The molecule has 0 atom stereocenters. The smallest absolute Gasteiger partial charge is 0.305 e. The number of rotatable bonds is 44. The Labute approximate surface area is 368 Å². The molecule has 0 heterocycles. The SMILES string of the molecule is CCCCCCCCCCCOC(=O)CCCCCN(CCCCCC(=O)NCC(CCCCCCCC)CCCCCCCC)CCN(CCO)C1CCCCCC1. The van der Waals surface area contributed by atoms with Gasteiger partial charge in [-0.1, -0.05) is 188 Å². The van der Waals surface area contributed by atoms with Crippen LogP contribution >= 0.6 is 0 Å². The topological polar surface area (TPSA) is 82.1 Å². The first-order valence-electron chi connectivity index (χ1n) is 26.5. The number of hydrogen-bond acceptors (Lipinski definition) is 6. The summed E-state index contributed by atoms with van der Waals surface area (Å²) in [6.07, 6.45) is 45.3. The molecule has 0 radical (unpaired) electrons. The minimum absolute atomic E-state index is 0.0281. The molecule has 0 aromatic rings. The fourth-order valence-corrected chi connectivity index (χ4v) is 9.21. The third kappa shape index (κ3) is 36.1. The van der Waals surface area contributed by atoms with E-state index in [1.807, 2.05) is 0 Å². The molecule has 1 amide bonds. The number of amides is 1. The summed E-state index contributed by atoms with van der Waals surface area (Å²) in [7, 11) is 0. The van der Waals surface area contributed by atoms with Crippen molar-refractivity contribution in [2.24, 2.45) is 5.92 Å². The Bertz CT molecular complexity index is 879. The van der Waals surface area contributed by atoms with E-state index in [0.29, 0.717) is 31.4 Å². The van der Waals surface area contributed by atoms with Gasteiger partial charge in [0.15, 0.2) is 0 Å². The normalized spacial score (nSPS) is 13.8. The lowest BCUT2D eigenvalue weighted by atomic mass is 9.94. The second kappa shape index (κ2) is 43.5. The second-order valence-corrected chi connectivity index (χ2v) is 18.7. The molecular formula is C52H103N3O4. The monoisotopic (exact) mass is 834 g/mol. The van der Waals surface area contributed by atoms with Crippen LogP contribution in [0.1, 0.15) is 258 Å². The number of nitrogens with one attached hydrogen (secondary N) is 1. The number of hydrogen-bond donors (Lipinski definition) is 2. The summed E-state index contributed by atoms with van der Waals surface area (Å²) in [5.74, 6) is 0.843. The Hall–Kier alpha value is -1.18. The standard InChI is InChI=1S/C52H103N3O4/c1-4-7-10-13-16-17-18-23-34-47-59-52(58)40-31-25-33-42-54(43-44-55(45-46-56)50-37-28-21-22-29-38-50)41-32-24-30-39-51(57)53-48-49(35-26-19-14-11-8-5-2)36-27-20-15-12-9-6-3/h49-50,56H,4-48H2,1-3H3,(H,53,57). The summed E-state index contributed by atoms with van der Waals surface area (Å²) in [5.41, 5.74) is 0. The predicted octanol–water partition coefficient (Wildman–Crippen LogP) is 13.7. The van der Waals surface area contributed by atoms with Gasteiger partial charge in [-0.2, -0.15) is 0 Å². The summed E-state index contributed by atoms with van der Waals surface area (Å²) in [6.45, 7) is 13.4. The molecule has 1 aliphatic rings. The average molecular weight is 834 g/mol. The van der Waals surface area contributed by atoms with Gasteiger partial charge in [-0.3, -0.25) is 14.5 Å². The van der Waals surface area contributed by atoms with Gasteiger partial charge >= 0.3 is 5.97 Å². The van der Waals surface area contributed by atoms with Gasteiger partial charge in [0.2, 0.25) is 5.91 Å². The Morgan fingerprint density at radius 3 is 1.54 bits per heavy atom. The molecule has 1 saturated carbocycles. The maximum atomic E-state index is 13.0. The number of carbonyl (C=O) groups is 2. The van der Waals surface area contributed by atoms with Crippen LogP contribution in [0.2, 0.25) is 0 Å². The fourth-order valence-electron chi connectivity index (χ4n) is 9.21. The minimum atomic E-state index is -0.0281. The molecule has 0 saturated heterocycles. The number of unbranched alkanes of at least 4 members (excludes halogenated alkanes) is 22. The van der Waals surface area contributed by atoms with Crippen LogP contribution < -0.4 is 5.32 Å². The van der Waals surface area contributed by atoms with Crippen LogP contribution in [0.5, 0.6) is 0 Å². The van der Waals surface area contributed by atoms with E-state index in [1.165, 1.54) is 180 Å². The Morgan fingerprint density at radius 2 is 1.02 bits per heavy atom. The second-order valence-electron chi connectivity index (χ2n) is 18.7. The van der Waals surface area contributed by atoms with Gasteiger partial charge in [0.1, 0.15) is 0 Å². The summed E-state index contributed by atoms with van der Waals surface area (Å²) in [6, 6.07) is 0.600. The average Bonchev–Trinajstić information content (AvgIpc) is 3.53. The zero-order chi connectivity index (χ0) is 42.7. The highest BCUT2D eigenvalue weighted by Gasteiger charge is 2.20. The first-order valence-corrected chi connectivity index (χ1v) is 26.5. The molecule has 7 nitrogen and oxygen atoms in total. The highest BCUT2D eigenvalue weighted by atomic mass is 16.5. The van der Waals surface area contributed by atoms with Crippen LogP contribution in [-0.4, -0.2) is 85.3 Å². The van der Waals surface area contributed by atoms with E-state index in [-0.39, 0.29) is 18.5 Å². The third-order valence-corrected chi connectivity index (χ3v) is 13.2. The Kier molecular flexibility index (Phi) is 41.1. The van der Waals surface area contributed by atoms with E-state index in [4.69, 9.17) is 4.74 Å². The number of aliphatic hydroxyl groups is 1. The predicted molar refractivity (Wildman–Crippen MR) is 254 cm³/mol. The number of carbonyl (C=O) groups excluding carboxylic acids is 2. The molecule has 0 spiro atoms. The maximum absolute atomic E-state index is 13.0. The highest BCUT2D eigenvalue weighted by molar-refractivity contribution is 5.75. The summed E-state index contributed by atoms with van der Waals surface area (Å²) >= 11 is 0. The van der Waals surface area contributed by atoms with Crippen LogP contribution in [0.15, 0.2) is 0 Å². The zero-order valence-corrected chi connectivity index (χ0v) is 40.0. The van der Waals surface area contributed by atoms with Crippen LogP contribution in [0.3, 0.4) is 0 Å². The van der Waals surface area contributed by atoms with E-state index < -0.39 is 0 Å². The third-order valence-electron chi connectivity index (χ3n) is 13.2. The van der Waals surface area contributed by atoms with Crippen molar-refractivity contribution >= 4 is 11.9 Å². The van der Waals surface area contributed by atoms with E-state index in [1.54, 1.807) is 0 Å². The molecule has 0 aromatic heterocycles. The number of ether oxygens (including phenoxy) is 1. The Morgan fingerprint density at radius 1 is 0.542 bits per heavy atom. The molecule has 1 rings (SSSR count). The van der Waals surface area contributed by atoms with Crippen molar-refractivity contribution in [3.8, 4) is 0 Å². The van der Waals surface area contributed by atoms with Gasteiger partial charge in [-0.15, -0.1) is 0 Å². The molecule has 0 bridgehead atoms. The van der Waals surface area contributed by atoms with Crippen molar-refractivity contribution in [3.05, 3.63) is 0 Å². The van der Waals surface area contributed by atoms with E-state index >= 15 is 0 Å². The van der Waals surface area contributed by atoms with Crippen LogP contribution in [0.25, 0.3) is 0 Å². The minimum Gasteiger partial charge on any atom is -0.466 e. The lowest BCUT2D eigenvalue weighted by molar-refractivity contribution is -0.143. The van der Waals surface area contributed by atoms with Crippen LogP contribution in [-0.2, 0) is 14.3 Å². The van der Waals surface area contributed by atoms with Crippen molar-refractivity contribution in [2.45, 2.75) is 264 Å². The zero-order valence-electron chi connectivity index (χ0n) is 40.0. The summed E-state index contributed by atoms with van der Waals surface area (Å²) in [4.78, 5) is 30.6. The first-order chi connectivity index (χ1) is 29.0. The van der Waals surface area contributed by atoms with Gasteiger partial charge in [0, 0.05) is 45.1 Å². The van der Waals surface area contributed by atoms with E-state index in [0.717, 1.165) is 84.2 Å². The maximum Gasteiger partial charge on any atom is 0.305 e. The molecular weight excluding hydrogens is 731 g/mol. The molecule has 59 heavy (non-hydrogen) atoms. The van der Waals surface area contributed by atoms with Gasteiger partial charge < -0.3 is 20.1 Å². The lowest BCUT2D eigenvalue weighted by Crippen LogP contribution is -2.43. The molecule has 1 aliphatic carbocycles. The molecule has 7 heteroatoms. The van der Waals surface area contributed by atoms with Crippen molar-refractivity contribution in [3.63, 3.8) is 0 Å². The Balaban J connectivity index is 2.46. The number of nitrogens with zero attached hydrogens (tertiary/aromatic N) is 2. The van der Waals surface area contributed by atoms with E-state index in [2.05, 4.69) is 35.9 Å². The molecule has 0 aromatic carbocycles. The lowest BCUT2D eigenvalue weighted by Gasteiger charge is -2.33. The summed E-state index contributed by atoms with van der Waals surface area (Å²) < 4.78 is 5.56. The van der Waals surface area contributed by atoms with Crippen molar-refractivity contribution in [1.29, 1.82) is 0 Å². The molecule has 0 aliphatic heterocycles. The van der Waals surface area contributed by atoms with Crippen molar-refractivity contribution in [1.82, 2.24) is 15.1 Å². The molecule has 0 unspecified atom stereocenters. The van der Waals surface area contributed by atoms with Crippen LogP contribution in [0, 0.1) is 5.92 Å². The summed E-state index contributed by atoms with van der Waals surface area (Å²) in [5, 5.41) is 13.3. The van der Waals surface area contributed by atoms with Crippen molar-refractivity contribution in [2.75, 3.05) is 52.5 Å². The number of aliphatic hydroxyl groups excluding tert-OH is 1. The van der Waals surface area contributed by atoms with Crippen LogP contribution in [0.4, 0.5) is 0 Å². The van der Waals surface area contributed by atoms with Crippen molar-refractivity contribution < 1.29 is 19.4 Å². The fraction of sp³-hybridized carbons (Fsp3) is 0.962. The molecule has 2 N–H and O–H groups in total. The van der Waals surface area contributed by atoms with Gasteiger partial charge in [0.25, 0.3) is 0 Å². The quantitative estimate of drug-likeness (QED) is 0.0361. The van der Waals surface area contributed by atoms with Gasteiger partial charge in [-0.25, -0.2) is 0 Å². The highest BCUT2D eigenvalue weighted by Crippen LogP contribution is 2.22.